The Morgan fingerprint density at radius 2 is 1.79 bits per heavy atom. The predicted octanol–water partition coefficient (Wildman–Crippen LogP) is 1.86. The second-order valence-electron chi connectivity index (χ2n) is 4.16. The molecule has 78 valence electrons. The number of hydrogen-bond acceptors (Lipinski definition) is 2. The third-order valence-corrected chi connectivity index (χ3v) is 2.68. The van der Waals surface area contributed by atoms with Crippen LogP contribution in [0.15, 0.2) is 18.2 Å². The molecule has 0 aromatic heterocycles. The van der Waals surface area contributed by atoms with Gasteiger partial charge in [-0.05, 0) is 43.9 Å². The first-order chi connectivity index (χ1) is 6.49. The first kappa shape index (κ1) is 11.2. The summed E-state index contributed by atoms with van der Waals surface area (Å²) in [6.45, 7) is 6.22. The first-order valence-electron chi connectivity index (χ1n) is 4.95. The zero-order valence-electron chi connectivity index (χ0n) is 9.17. The molecular weight excluding hydrogens is 174 g/mol. The van der Waals surface area contributed by atoms with E-state index in [1.807, 2.05) is 13.0 Å². The van der Waals surface area contributed by atoms with E-state index >= 15 is 0 Å². The molecule has 0 saturated heterocycles. The lowest BCUT2D eigenvalue weighted by Crippen LogP contribution is -2.35. The Labute approximate surface area is 85.8 Å². The van der Waals surface area contributed by atoms with E-state index in [1.165, 1.54) is 11.1 Å². The maximum atomic E-state index is 8.96. The zero-order chi connectivity index (χ0) is 10.8. The van der Waals surface area contributed by atoms with Crippen LogP contribution in [-0.4, -0.2) is 11.7 Å². The Morgan fingerprint density at radius 3 is 2.21 bits per heavy atom. The number of rotatable bonds is 3. The second-order valence-corrected chi connectivity index (χ2v) is 4.16. The van der Waals surface area contributed by atoms with E-state index in [9.17, 15) is 0 Å². The number of aryl methyl sites for hydroxylation is 2. The largest absolute Gasteiger partial charge is 0.396 e. The van der Waals surface area contributed by atoms with E-state index in [1.54, 1.807) is 0 Å². The second kappa shape index (κ2) is 4.11. The smallest absolute Gasteiger partial charge is 0.0451 e. The molecule has 14 heavy (non-hydrogen) atoms. The molecule has 1 rings (SSSR count). The van der Waals surface area contributed by atoms with E-state index in [0.29, 0.717) is 6.42 Å². The van der Waals surface area contributed by atoms with Crippen molar-refractivity contribution in [2.24, 2.45) is 5.73 Å². The highest BCUT2D eigenvalue weighted by molar-refractivity contribution is 5.38. The van der Waals surface area contributed by atoms with Gasteiger partial charge in [0, 0.05) is 12.1 Å². The molecule has 1 aromatic carbocycles. The monoisotopic (exact) mass is 193 g/mol. The number of aliphatic hydroxyl groups excluding tert-OH is 1. The highest BCUT2D eigenvalue weighted by Gasteiger charge is 2.23. The zero-order valence-corrected chi connectivity index (χ0v) is 9.17. The van der Waals surface area contributed by atoms with Gasteiger partial charge < -0.3 is 10.8 Å². The number of hydrogen-bond donors (Lipinski definition) is 2. The molecule has 1 atom stereocenters. The molecule has 0 fully saturated rings. The molecule has 0 heterocycles. The van der Waals surface area contributed by atoms with Crippen molar-refractivity contribution in [2.45, 2.75) is 32.7 Å². The standard InChI is InChI=1S/C12H19NO/c1-9-5-4-6-10(2)11(9)12(3,13)7-8-14/h4-6,14H,7-8,13H2,1-3H3/t12-/m1/s1. The van der Waals surface area contributed by atoms with Gasteiger partial charge in [0.15, 0.2) is 0 Å². The third kappa shape index (κ3) is 2.14. The summed E-state index contributed by atoms with van der Waals surface area (Å²) in [5.74, 6) is 0. The molecule has 0 bridgehead atoms. The van der Waals surface area contributed by atoms with Crippen LogP contribution in [0.4, 0.5) is 0 Å². The van der Waals surface area contributed by atoms with Crippen LogP contribution in [0, 0.1) is 13.8 Å². The molecule has 1 aromatic rings. The van der Waals surface area contributed by atoms with Crippen molar-refractivity contribution in [2.75, 3.05) is 6.61 Å². The van der Waals surface area contributed by atoms with Crippen molar-refractivity contribution in [3.8, 4) is 0 Å². The summed E-state index contributed by atoms with van der Waals surface area (Å²) in [5, 5.41) is 8.96. The topological polar surface area (TPSA) is 46.2 Å². The number of aliphatic hydroxyl groups is 1. The molecule has 0 radical (unpaired) electrons. The van der Waals surface area contributed by atoms with Crippen LogP contribution in [0.5, 0.6) is 0 Å². The molecular formula is C12H19NO. The fourth-order valence-electron chi connectivity index (χ4n) is 2.07. The van der Waals surface area contributed by atoms with Gasteiger partial charge in [-0.2, -0.15) is 0 Å². The minimum Gasteiger partial charge on any atom is -0.396 e. The van der Waals surface area contributed by atoms with Crippen molar-refractivity contribution in [3.63, 3.8) is 0 Å². The van der Waals surface area contributed by atoms with Crippen molar-refractivity contribution in [3.05, 3.63) is 34.9 Å². The Morgan fingerprint density at radius 1 is 1.29 bits per heavy atom. The van der Waals surface area contributed by atoms with Gasteiger partial charge in [0.25, 0.3) is 0 Å². The lowest BCUT2D eigenvalue weighted by Gasteiger charge is -2.28. The number of nitrogens with two attached hydrogens (primary N) is 1. The predicted molar refractivity (Wildman–Crippen MR) is 59.2 cm³/mol. The molecule has 0 spiro atoms. The highest BCUT2D eigenvalue weighted by atomic mass is 16.3. The fourth-order valence-corrected chi connectivity index (χ4v) is 2.07. The van der Waals surface area contributed by atoms with Gasteiger partial charge in [0.1, 0.15) is 0 Å². The fraction of sp³-hybridized carbons (Fsp3) is 0.500. The Kier molecular flexibility index (Phi) is 3.29. The Bertz CT molecular complexity index is 298. The molecule has 2 nitrogen and oxygen atoms in total. The van der Waals surface area contributed by atoms with Gasteiger partial charge in [-0.15, -0.1) is 0 Å². The first-order valence-corrected chi connectivity index (χ1v) is 4.95. The summed E-state index contributed by atoms with van der Waals surface area (Å²) in [4.78, 5) is 0. The average molecular weight is 193 g/mol. The van der Waals surface area contributed by atoms with Crippen molar-refractivity contribution in [1.82, 2.24) is 0 Å². The van der Waals surface area contributed by atoms with E-state index in [0.717, 1.165) is 5.56 Å². The summed E-state index contributed by atoms with van der Waals surface area (Å²) in [7, 11) is 0. The van der Waals surface area contributed by atoms with Crippen LogP contribution in [-0.2, 0) is 5.54 Å². The van der Waals surface area contributed by atoms with Gasteiger partial charge in [-0.25, -0.2) is 0 Å². The minimum absolute atomic E-state index is 0.126. The normalized spacial score (nSPS) is 15.2. The van der Waals surface area contributed by atoms with Crippen molar-refractivity contribution < 1.29 is 5.11 Å². The van der Waals surface area contributed by atoms with E-state index in [-0.39, 0.29) is 6.61 Å². The lowest BCUT2D eigenvalue weighted by molar-refractivity contribution is 0.246. The van der Waals surface area contributed by atoms with Gasteiger partial charge in [0.2, 0.25) is 0 Å². The molecule has 0 aliphatic carbocycles. The summed E-state index contributed by atoms with van der Waals surface area (Å²) in [6, 6.07) is 6.15. The summed E-state index contributed by atoms with van der Waals surface area (Å²) < 4.78 is 0. The SMILES string of the molecule is Cc1cccc(C)c1[C@](C)(N)CCO. The van der Waals surface area contributed by atoms with Crippen molar-refractivity contribution >= 4 is 0 Å². The van der Waals surface area contributed by atoms with E-state index in [4.69, 9.17) is 10.8 Å². The van der Waals surface area contributed by atoms with Gasteiger partial charge in [0.05, 0.1) is 0 Å². The summed E-state index contributed by atoms with van der Waals surface area (Å²) >= 11 is 0. The van der Waals surface area contributed by atoms with Crippen LogP contribution in [0.3, 0.4) is 0 Å². The van der Waals surface area contributed by atoms with Crippen LogP contribution in [0.25, 0.3) is 0 Å². The van der Waals surface area contributed by atoms with Crippen LogP contribution in [0.2, 0.25) is 0 Å². The van der Waals surface area contributed by atoms with Crippen LogP contribution in [0.1, 0.15) is 30.0 Å². The Hall–Kier alpha value is -0.860. The van der Waals surface area contributed by atoms with Crippen LogP contribution >= 0.6 is 0 Å². The third-order valence-electron chi connectivity index (χ3n) is 2.68. The number of benzene rings is 1. The molecule has 2 heteroatoms. The van der Waals surface area contributed by atoms with E-state index < -0.39 is 5.54 Å². The molecule has 0 aliphatic heterocycles. The molecule has 0 aliphatic rings. The van der Waals surface area contributed by atoms with Gasteiger partial charge in [-0.3, -0.25) is 0 Å². The van der Waals surface area contributed by atoms with E-state index in [2.05, 4.69) is 26.0 Å². The maximum Gasteiger partial charge on any atom is 0.0451 e. The average Bonchev–Trinajstić information content (AvgIpc) is 2.02. The van der Waals surface area contributed by atoms with Gasteiger partial charge >= 0.3 is 0 Å². The summed E-state index contributed by atoms with van der Waals surface area (Å²) in [6.07, 6.45) is 0.596. The molecule has 0 saturated carbocycles. The molecule has 0 unspecified atom stereocenters. The van der Waals surface area contributed by atoms with Crippen molar-refractivity contribution in [1.29, 1.82) is 0 Å². The maximum absolute atomic E-state index is 8.96. The quantitative estimate of drug-likeness (QED) is 0.769. The highest BCUT2D eigenvalue weighted by Crippen LogP contribution is 2.27. The minimum atomic E-state index is -0.426. The Balaban J connectivity index is 3.17. The molecule has 0 amide bonds. The van der Waals surface area contributed by atoms with Gasteiger partial charge in [-0.1, -0.05) is 18.2 Å². The lowest BCUT2D eigenvalue weighted by atomic mass is 9.84. The molecule has 3 N–H and O–H groups in total. The summed E-state index contributed by atoms with van der Waals surface area (Å²) in [5.41, 5.74) is 9.32. The van der Waals surface area contributed by atoms with Crippen LogP contribution < -0.4 is 5.73 Å².